The van der Waals surface area contributed by atoms with E-state index in [0.29, 0.717) is 30.1 Å². The predicted octanol–water partition coefficient (Wildman–Crippen LogP) is 3.06. The second-order valence-electron chi connectivity index (χ2n) is 5.36. The van der Waals surface area contributed by atoms with Crippen LogP contribution in [0.3, 0.4) is 0 Å². The van der Waals surface area contributed by atoms with E-state index in [1.165, 1.54) is 0 Å². The molecule has 0 spiro atoms. The van der Waals surface area contributed by atoms with Crippen LogP contribution in [-0.2, 0) is 11.2 Å². The number of aromatic nitrogens is 3. The van der Waals surface area contributed by atoms with E-state index in [4.69, 9.17) is 16.3 Å². The molecular formula is C16H20ClN5O. The van der Waals surface area contributed by atoms with Crippen LogP contribution >= 0.6 is 11.6 Å². The molecule has 1 aromatic carbocycles. The third-order valence-corrected chi connectivity index (χ3v) is 3.79. The van der Waals surface area contributed by atoms with Crippen molar-refractivity contribution in [1.82, 2.24) is 15.0 Å². The van der Waals surface area contributed by atoms with Gasteiger partial charge in [-0.1, -0.05) is 18.5 Å². The Labute approximate surface area is 140 Å². The van der Waals surface area contributed by atoms with Crippen LogP contribution in [0.4, 0.5) is 17.6 Å². The molecule has 2 aromatic rings. The van der Waals surface area contributed by atoms with Crippen molar-refractivity contribution in [2.24, 2.45) is 0 Å². The highest BCUT2D eigenvalue weighted by atomic mass is 35.5. The fourth-order valence-corrected chi connectivity index (χ4v) is 2.49. The lowest BCUT2D eigenvalue weighted by Gasteiger charge is -2.27. The van der Waals surface area contributed by atoms with E-state index in [-0.39, 0.29) is 0 Å². The Balaban J connectivity index is 1.85. The van der Waals surface area contributed by atoms with E-state index in [0.717, 1.165) is 37.4 Å². The first-order valence-corrected chi connectivity index (χ1v) is 8.22. The lowest BCUT2D eigenvalue weighted by Crippen LogP contribution is -2.37. The molecule has 23 heavy (non-hydrogen) atoms. The first-order chi connectivity index (χ1) is 11.2. The fraction of sp³-hybridized carbons (Fsp3) is 0.438. The smallest absolute Gasteiger partial charge is 0.232 e. The van der Waals surface area contributed by atoms with Gasteiger partial charge >= 0.3 is 0 Å². The lowest BCUT2D eigenvalue weighted by molar-refractivity contribution is 0.122. The van der Waals surface area contributed by atoms with Crippen LogP contribution in [0.5, 0.6) is 0 Å². The second kappa shape index (κ2) is 7.57. The van der Waals surface area contributed by atoms with Gasteiger partial charge in [0.2, 0.25) is 11.9 Å². The van der Waals surface area contributed by atoms with Crippen LogP contribution in [0.15, 0.2) is 24.3 Å². The normalized spacial score (nSPS) is 14.8. The number of anilines is 3. The molecule has 0 atom stereocenters. The van der Waals surface area contributed by atoms with Gasteiger partial charge in [-0.3, -0.25) is 0 Å². The topological polar surface area (TPSA) is 63.2 Å². The summed E-state index contributed by atoms with van der Waals surface area (Å²) >= 11 is 5.92. The summed E-state index contributed by atoms with van der Waals surface area (Å²) in [6.07, 6.45) is 1.82. The number of ether oxygens (including phenoxy) is 1. The van der Waals surface area contributed by atoms with E-state index in [2.05, 4.69) is 32.1 Å². The van der Waals surface area contributed by atoms with E-state index >= 15 is 0 Å². The van der Waals surface area contributed by atoms with Gasteiger partial charge in [0.1, 0.15) is 5.82 Å². The minimum atomic E-state index is 0.562. The Bertz CT molecular complexity index is 643. The standard InChI is InChI=1S/C16H20ClN5O/c1-2-3-14-19-15(18-13-6-4-12(17)5-7-13)21-16(20-14)22-8-10-23-11-9-22/h4-7H,2-3,8-11H2,1H3,(H,18,19,20,21). The number of nitrogens with zero attached hydrogens (tertiary/aromatic N) is 4. The van der Waals surface area contributed by atoms with Gasteiger partial charge in [-0.2, -0.15) is 15.0 Å². The minimum absolute atomic E-state index is 0.562. The summed E-state index contributed by atoms with van der Waals surface area (Å²) in [4.78, 5) is 15.8. The number of halogens is 1. The lowest BCUT2D eigenvalue weighted by atomic mass is 10.3. The maximum Gasteiger partial charge on any atom is 0.232 e. The molecule has 7 heteroatoms. The van der Waals surface area contributed by atoms with Crippen molar-refractivity contribution in [3.63, 3.8) is 0 Å². The van der Waals surface area contributed by atoms with Crippen molar-refractivity contribution in [2.45, 2.75) is 19.8 Å². The third-order valence-electron chi connectivity index (χ3n) is 3.54. The molecule has 1 fully saturated rings. The Kier molecular flexibility index (Phi) is 5.25. The summed E-state index contributed by atoms with van der Waals surface area (Å²) in [6.45, 7) is 5.12. The number of hydrogen-bond donors (Lipinski definition) is 1. The van der Waals surface area contributed by atoms with Crippen LogP contribution < -0.4 is 10.2 Å². The van der Waals surface area contributed by atoms with Crippen LogP contribution in [0, 0.1) is 0 Å². The Hall–Kier alpha value is -1.92. The van der Waals surface area contributed by atoms with Gasteiger partial charge in [-0.25, -0.2) is 0 Å². The molecule has 0 unspecified atom stereocenters. The zero-order chi connectivity index (χ0) is 16.1. The van der Waals surface area contributed by atoms with Gasteiger partial charge in [-0.05, 0) is 30.7 Å². The third kappa shape index (κ3) is 4.30. The van der Waals surface area contributed by atoms with E-state index < -0.39 is 0 Å². The molecule has 2 heterocycles. The van der Waals surface area contributed by atoms with Crippen molar-refractivity contribution < 1.29 is 4.74 Å². The summed E-state index contributed by atoms with van der Waals surface area (Å²) in [6, 6.07) is 7.47. The van der Waals surface area contributed by atoms with Gasteiger partial charge in [0.15, 0.2) is 0 Å². The van der Waals surface area contributed by atoms with E-state index in [1.807, 2.05) is 24.3 Å². The monoisotopic (exact) mass is 333 g/mol. The number of benzene rings is 1. The Morgan fingerprint density at radius 1 is 1.13 bits per heavy atom. The van der Waals surface area contributed by atoms with Crippen LogP contribution in [0.1, 0.15) is 19.2 Å². The number of nitrogens with one attached hydrogen (secondary N) is 1. The van der Waals surface area contributed by atoms with Crippen molar-refractivity contribution >= 4 is 29.2 Å². The van der Waals surface area contributed by atoms with Gasteiger partial charge in [0.05, 0.1) is 13.2 Å². The van der Waals surface area contributed by atoms with Crippen LogP contribution in [0.2, 0.25) is 5.02 Å². The molecule has 0 bridgehead atoms. The highest BCUT2D eigenvalue weighted by Crippen LogP contribution is 2.19. The zero-order valence-electron chi connectivity index (χ0n) is 13.1. The minimum Gasteiger partial charge on any atom is -0.378 e. The SMILES string of the molecule is CCCc1nc(Nc2ccc(Cl)cc2)nc(N2CCOCC2)n1. The summed E-state index contributed by atoms with van der Waals surface area (Å²) in [5, 5.41) is 3.93. The largest absolute Gasteiger partial charge is 0.378 e. The first-order valence-electron chi connectivity index (χ1n) is 7.85. The summed E-state index contributed by atoms with van der Waals surface area (Å²) in [5.74, 6) is 2.08. The summed E-state index contributed by atoms with van der Waals surface area (Å²) in [5.41, 5.74) is 0.899. The average Bonchev–Trinajstić information content (AvgIpc) is 2.58. The molecule has 0 amide bonds. The number of hydrogen-bond acceptors (Lipinski definition) is 6. The maximum absolute atomic E-state index is 5.92. The molecule has 0 aliphatic carbocycles. The summed E-state index contributed by atoms with van der Waals surface area (Å²) in [7, 11) is 0. The summed E-state index contributed by atoms with van der Waals surface area (Å²) < 4.78 is 5.40. The molecule has 6 nitrogen and oxygen atoms in total. The Morgan fingerprint density at radius 2 is 1.87 bits per heavy atom. The number of aryl methyl sites for hydroxylation is 1. The molecule has 0 saturated carbocycles. The van der Waals surface area contributed by atoms with Crippen molar-refractivity contribution in [2.75, 3.05) is 36.5 Å². The highest BCUT2D eigenvalue weighted by molar-refractivity contribution is 6.30. The fourth-order valence-electron chi connectivity index (χ4n) is 2.37. The van der Waals surface area contributed by atoms with Gasteiger partial charge < -0.3 is 15.0 Å². The highest BCUT2D eigenvalue weighted by Gasteiger charge is 2.16. The molecule has 1 aromatic heterocycles. The molecule has 1 N–H and O–H groups in total. The van der Waals surface area contributed by atoms with Crippen LogP contribution in [0.25, 0.3) is 0 Å². The van der Waals surface area contributed by atoms with Crippen molar-refractivity contribution in [3.05, 3.63) is 35.1 Å². The number of rotatable bonds is 5. The average molecular weight is 334 g/mol. The number of morpholine rings is 1. The maximum atomic E-state index is 5.92. The predicted molar refractivity (Wildman–Crippen MR) is 91.6 cm³/mol. The van der Waals surface area contributed by atoms with Crippen molar-refractivity contribution in [1.29, 1.82) is 0 Å². The molecule has 0 radical (unpaired) electrons. The van der Waals surface area contributed by atoms with Gasteiger partial charge in [0.25, 0.3) is 0 Å². The second-order valence-corrected chi connectivity index (χ2v) is 5.79. The van der Waals surface area contributed by atoms with E-state index in [1.54, 1.807) is 0 Å². The molecular weight excluding hydrogens is 314 g/mol. The molecule has 122 valence electrons. The van der Waals surface area contributed by atoms with E-state index in [9.17, 15) is 0 Å². The molecule has 1 aliphatic heterocycles. The van der Waals surface area contributed by atoms with Gasteiger partial charge in [0, 0.05) is 30.2 Å². The van der Waals surface area contributed by atoms with Crippen LogP contribution in [-0.4, -0.2) is 41.3 Å². The molecule has 3 rings (SSSR count). The zero-order valence-corrected chi connectivity index (χ0v) is 13.9. The van der Waals surface area contributed by atoms with Gasteiger partial charge in [-0.15, -0.1) is 0 Å². The molecule has 1 saturated heterocycles. The Morgan fingerprint density at radius 3 is 2.57 bits per heavy atom. The quantitative estimate of drug-likeness (QED) is 0.907. The molecule has 1 aliphatic rings. The first kappa shape index (κ1) is 16.0. The van der Waals surface area contributed by atoms with Crippen molar-refractivity contribution in [3.8, 4) is 0 Å².